The van der Waals surface area contributed by atoms with Crippen molar-refractivity contribution in [3.05, 3.63) is 61.2 Å². The van der Waals surface area contributed by atoms with E-state index in [1.807, 2.05) is 30.3 Å². The number of alkyl halides is 1. The first kappa shape index (κ1) is 40.7. The lowest BCUT2D eigenvalue weighted by Gasteiger charge is -2.37. The van der Waals surface area contributed by atoms with Crippen molar-refractivity contribution in [1.29, 1.82) is 0 Å². The van der Waals surface area contributed by atoms with Gasteiger partial charge in [-0.25, -0.2) is 0 Å². The summed E-state index contributed by atoms with van der Waals surface area (Å²) < 4.78 is 18.6. The summed E-state index contributed by atoms with van der Waals surface area (Å²) in [6.07, 6.45) is 8.52. The molecule has 2 bridgehead atoms. The zero-order chi connectivity index (χ0) is 37.0. The summed E-state index contributed by atoms with van der Waals surface area (Å²) >= 11 is 3.76. The number of likely N-dealkylation sites (tertiary alicyclic amines) is 1. The molecule has 3 amide bonds. The van der Waals surface area contributed by atoms with E-state index in [4.69, 9.17) is 14.2 Å². The lowest BCUT2D eigenvalue weighted by molar-refractivity contribution is -0.163. The van der Waals surface area contributed by atoms with Gasteiger partial charge in [0.2, 0.25) is 17.7 Å². The summed E-state index contributed by atoms with van der Waals surface area (Å²) in [7, 11) is 1.51. The molecule has 3 fully saturated rings. The molecule has 0 saturated carbocycles. The Kier molecular flexibility index (Phi) is 15.7. The Morgan fingerprint density at radius 3 is 2.55 bits per heavy atom. The zero-order valence-electron chi connectivity index (χ0n) is 30.2. The van der Waals surface area contributed by atoms with E-state index in [1.54, 1.807) is 22.0 Å². The Morgan fingerprint density at radius 1 is 1.14 bits per heavy atom. The summed E-state index contributed by atoms with van der Waals surface area (Å²) in [5.41, 5.74) is -0.562. The van der Waals surface area contributed by atoms with Gasteiger partial charge in [0.25, 0.3) is 0 Å². The van der Waals surface area contributed by atoms with Crippen molar-refractivity contribution < 1.29 is 38.5 Å². The fraction of sp³-hybridized carbons (Fsp3) is 0.641. The topological polar surface area (TPSA) is 135 Å². The van der Waals surface area contributed by atoms with Crippen LogP contribution in [-0.2, 0) is 33.4 Å². The number of aliphatic hydroxyl groups excluding tert-OH is 1. The Bertz CT molecular complexity index is 1350. The van der Waals surface area contributed by atoms with Crippen LogP contribution in [0, 0.1) is 11.8 Å². The molecule has 51 heavy (non-hydrogen) atoms. The van der Waals surface area contributed by atoms with E-state index < -0.39 is 47.7 Å². The summed E-state index contributed by atoms with van der Waals surface area (Å²) in [5, 5.41) is 12.3. The molecule has 0 radical (unpaired) electrons. The number of unbranched alkanes of at least 4 members (excludes halogenated alkanes) is 5. The second kappa shape index (κ2) is 19.7. The predicted molar refractivity (Wildman–Crippen MR) is 198 cm³/mol. The molecular formula is C39H56BrN3O8. The number of esters is 1. The van der Waals surface area contributed by atoms with E-state index in [9.17, 15) is 24.3 Å². The number of nitrogens with zero attached hydrogens (tertiary/aromatic N) is 2. The molecule has 12 heteroatoms. The molecule has 1 aromatic rings. The Morgan fingerprint density at radius 2 is 1.88 bits per heavy atom. The normalized spacial score (nSPS) is 26.0. The smallest absolute Gasteiger partial charge is 0.313 e. The number of allylic oxidation sites excluding steroid dienone is 1. The Hall–Kier alpha value is -3.06. The number of ether oxygens (including phenoxy) is 3. The maximum absolute atomic E-state index is 14.6. The molecule has 3 heterocycles. The predicted octanol–water partition coefficient (Wildman–Crippen LogP) is 4.87. The van der Waals surface area contributed by atoms with Gasteiger partial charge in [0.05, 0.1) is 30.6 Å². The van der Waals surface area contributed by atoms with Gasteiger partial charge in [0.1, 0.15) is 17.7 Å². The Labute approximate surface area is 311 Å². The molecule has 3 aliphatic rings. The van der Waals surface area contributed by atoms with E-state index in [0.29, 0.717) is 50.9 Å². The van der Waals surface area contributed by atoms with E-state index in [-0.39, 0.29) is 42.2 Å². The maximum Gasteiger partial charge on any atom is 0.313 e. The minimum Gasteiger partial charge on any atom is -0.455 e. The van der Waals surface area contributed by atoms with Gasteiger partial charge < -0.3 is 34.4 Å². The van der Waals surface area contributed by atoms with Crippen molar-refractivity contribution >= 4 is 39.6 Å². The number of fused-ring (bicyclic) bond motifs is 1. The molecule has 11 nitrogen and oxygen atoms in total. The number of nitrogens with one attached hydrogen (secondary N) is 1. The van der Waals surface area contributed by atoms with Crippen molar-refractivity contribution in [3.63, 3.8) is 0 Å². The van der Waals surface area contributed by atoms with Crippen LogP contribution in [0.1, 0.15) is 82.8 Å². The van der Waals surface area contributed by atoms with Crippen LogP contribution in [0.5, 0.6) is 0 Å². The minimum absolute atomic E-state index is 0.0719. The molecule has 2 N–H and O–H groups in total. The first-order chi connectivity index (χ1) is 24.7. The summed E-state index contributed by atoms with van der Waals surface area (Å²) in [5.74, 6) is -3.24. The fourth-order valence-corrected chi connectivity index (χ4v) is 8.91. The number of hydrogen-bond acceptors (Lipinski definition) is 8. The number of hydrogen-bond donors (Lipinski definition) is 2. The van der Waals surface area contributed by atoms with Crippen LogP contribution < -0.4 is 5.32 Å². The number of carbonyl (C=O) groups is 4. The van der Waals surface area contributed by atoms with Crippen LogP contribution in [0.3, 0.4) is 0 Å². The third-order valence-corrected chi connectivity index (χ3v) is 11.1. The van der Waals surface area contributed by atoms with Crippen LogP contribution in [0.2, 0.25) is 0 Å². The van der Waals surface area contributed by atoms with E-state index >= 15 is 0 Å². The molecule has 3 saturated heterocycles. The summed E-state index contributed by atoms with van der Waals surface area (Å²) in [6.45, 7) is 11.1. The van der Waals surface area contributed by atoms with Gasteiger partial charge in [0, 0.05) is 44.6 Å². The first-order valence-electron chi connectivity index (χ1n) is 18.5. The van der Waals surface area contributed by atoms with Crippen LogP contribution in [0.15, 0.2) is 55.6 Å². The summed E-state index contributed by atoms with van der Waals surface area (Å²) in [6, 6.07) is 7.53. The molecule has 8 atom stereocenters. The molecule has 3 aliphatic heterocycles. The third kappa shape index (κ3) is 9.30. The van der Waals surface area contributed by atoms with Crippen molar-refractivity contribution in [1.82, 2.24) is 15.1 Å². The second-order valence-corrected chi connectivity index (χ2v) is 15.0. The monoisotopic (exact) mass is 773 g/mol. The lowest BCUT2D eigenvalue weighted by Crippen LogP contribution is -2.57. The maximum atomic E-state index is 14.6. The SMILES string of the molecule is C=CCCC(=O)N[C@@H](COC)[C@@H](OC(=O)[C@@H]1[C@H]2O[C@@]3(CC2Br)[C@H](C(=O)N(CC=C)CCCCC)N(CCCCCCO)C(=O)[C@@H]13)c1ccccc1. The first-order valence-corrected chi connectivity index (χ1v) is 19.4. The fourth-order valence-electron chi connectivity index (χ4n) is 7.96. The number of rotatable bonds is 23. The largest absolute Gasteiger partial charge is 0.455 e. The van der Waals surface area contributed by atoms with E-state index in [1.165, 1.54) is 7.11 Å². The highest BCUT2D eigenvalue weighted by Gasteiger charge is 2.77. The highest BCUT2D eigenvalue weighted by Crippen LogP contribution is 2.60. The van der Waals surface area contributed by atoms with Crippen LogP contribution >= 0.6 is 15.9 Å². The number of aliphatic hydroxyl groups is 1. The number of carbonyl (C=O) groups excluding carboxylic acids is 4. The standard InChI is InChI=1S/C39H56BrN3O8/c1-5-8-15-22-42(21-7-3)37(47)35-39-25-28(40)34(51-39)31(32(39)36(46)43(35)23-16-10-11-17-24-44)38(48)50-33(27-18-13-12-14-19-27)29(26-49-4)41-30(45)20-9-6-2/h6-7,12-14,18-19,28-29,31-35,44H,2-3,5,8-11,15-17,20-26H2,1,4H3,(H,41,45)/t28?,29-,31-,32+,33-,34-,35-,39+/m0/s1. The van der Waals surface area contributed by atoms with Crippen LogP contribution in [-0.4, -0.2) is 107 Å². The molecule has 0 aliphatic carbocycles. The average Bonchev–Trinajstić information content (AvgIpc) is 3.72. The molecule has 1 unspecified atom stereocenters. The molecular weight excluding hydrogens is 718 g/mol. The van der Waals surface area contributed by atoms with Crippen molar-refractivity contribution in [2.45, 2.75) is 106 Å². The minimum atomic E-state index is -1.22. The average molecular weight is 775 g/mol. The van der Waals surface area contributed by atoms with Gasteiger partial charge in [-0.2, -0.15) is 0 Å². The number of methoxy groups -OCH3 is 1. The van der Waals surface area contributed by atoms with Gasteiger partial charge >= 0.3 is 5.97 Å². The molecule has 0 aromatic heterocycles. The van der Waals surface area contributed by atoms with Crippen molar-refractivity contribution in [2.75, 3.05) is 40.0 Å². The van der Waals surface area contributed by atoms with Crippen LogP contribution in [0.25, 0.3) is 0 Å². The quantitative estimate of drug-likeness (QED) is 0.0697. The van der Waals surface area contributed by atoms with E-state index in [0.717, 1.165) is 32.1 Å². The van der Waals surface area contributed by atoms with Gasteiger partial charge in [-0.05, 0) is 37.7 Å². The highest BCUT2D eigenvalue weighted by atomic mass is 79.9. The van der Waals surface area contributed by atoms with Gasteiger partial charge in [-0.1, -0.05) is 91.0 Å². The lowest BCUT2D eigenvalue weighted by atomic mass is 9.70. The molecule has 1 aromatic carbocycles. The molecule has 4 rings (SSSR count). The third-order valence-electron chi connectivity index (χ3n) is 10.3. The van der Waals surface area contributed by atoms with E-state index in [2.05, 4.69) is 41.3 Å². The van der Waals surface area contributed by atoms with Crippen molar-refractivity contribution in [3.8, 4) is 0 Å². The number of halogens is 1. The number of benzene rings is 1. The Balaban J connectivity index is 1.69. The van der Waals surface area contributed by atoms with Gasteiger partial charge in [-0.15, -0.1) is 13.2 Å². The molecule has 282 valence electrons. The number of amides is 3. The molecule has 1 spiro atoms. The van der Waals surface area contributed by atoms with Gasteiger partial charge in [0.15, 0.2) is 0 Å². The zero-order valence-corrected chi connectivity index (χ0v) is 31.8. The van der Waals surface area contributed by atoms with Crippen LogP contribution in [0.4, 0.5) is 0 Å². The van der Waals surface area contributed by atoms with Gasteiger partial charge in [-0.3, -0.25) is 19.2 Å². The van der Waals surface area contributed by atoms with Crippen molar-refractivity contribution in [2.24, 2.45) is 11.8 Å². The highest BCUT2D eigenvalue weighted by molar-refractivity contribution is 9.09. The summed E-state index contributed by atoms with van der Waals surface area (Å²) in [4.78, 5) is 59.8. The second-order valence-electron chi connectivity index (χ2n) is 13.8.